The zero-order chi connectivity index (χ0) is 11.2. The Kier molecular flexibility index (Phi) is 2.56. The minimum Gasteiger partial charge on any atom is -0.372 e. The molecule has 2 aliphatic carbocycles. The van der Waals surface area contributed by atoms with Crippen molar-refractivity contribution in [3.63, 3.8) is 0 Å². The second kappa shape index (κ2) is 3.71. The second-order valence-corrected chi connectivity index (χ2v) is 6.94. The normalized spacial score (nSPS) is 42.8. The van der Waals surface area contributed by atoms with Crippen molar-refractivity contribution in [2.45, 2.75) is 64.0 Å². The van der Waals surface area contributed by atoms with Crippen LogP contribution in [0.4, 0.5) is 0 Å². The Balaban J connectivity index is 1.73. The van der Waals surface area contributed by atoms with E-state index in [4.69, 9.17) is 4.74 Å². The molecule has 0 aromatic rings. The topological polar surface area (TPSA) is 21.3 Å². The van der Waals surface area contributed by atoms with E-state index >= 15 is 0 Å². The van der Waals surface area contributed by atoms with E-state index in [1.165, 1.54) is 38.5 Å². The maximum absolute atomic E-state index is 6.24. The van der Waals surface area contributed by atoms with Crippen LogP contribution >= 0.6 is 0 Å². The molecule has 2 heteroatoms. The summed E-state index contributed by atoms with van der Waals surface area (Å²) in [7, 11) is 0. The lowest BCUT2D eigenvalue weighted by atomic mass is 9.83. The average Bonchev–Trinajstić information content (AvgIpc) is 2.98. The Morgan fingerprint density at radius 3 is 2.69 bits per heavy atom. The van der Waals surface area contributed by atoms with E-state index in [-0.39, 0.29) is 5.60 Å². The highest BCUT2D eigenvalue weighted by Crippen LogP contribution is 2.50. The van der Waals surface area contributed by atoms with Crippen molar-refractivity contribution < 1.29 is 4.74 Å². The summed E-state index contributed by atoms with van der Waals surface area (Å²) in [6.07, 6.45) is 8.12. The zero-order valence-corrected chi connectivity index (χ0v) is 10.7. The largest absolute Gasteiger partial charge is 0.372 e. The predicted molar refractivity (Wildman–Crippen MR) is 65.4 cm³/mol. The molecule has 1 N–H and O–H groups in total. The van der Waals surface area contributed by atoms with Crippen molar-refractivity contribution in [2.24, 2.45) is 11.3 Å². The molecule has 1 saturated heterocycles. The second-order valence-electron chi connectivity index (χ2n) is 6.94. The molecule has 2 nitrogen and oxygen atoms in total. The van der Waals surface area contributed by atoms with E-state index in [1.54, 1.807) is 0 Å². The summed E-state index contributed by atoms with van der Waals surface area (Å²) in [5.74, 6) is 1.000. The molecular formula is C14H25NO. The molecule has 2 saturated carbocycles. The lowest BCUT2D eigenvalue weighted by Gasteiger charge is -2.43. The van der Waals surface area contributed by atoms with Crippen LogP contribution in [0.5, 0.6) is 0 Å². The zero-order valence-electron chi connectivity index (χ0n) is 10.7. The van der Waals surface area contributed by atoms with Gasteiger partial charge in [0.2, 0.25) is 0 Å². The third kappa shape index (κ3) is 2.02. The number of morpholine rings is 1. The van der Waals surface area contributed by atoms with Crippen LogP contribution in [-0.4, -0.2) is 24.8 Å². The molecule has 3 rings (SSSR count). The highest BCUT2D eigenvalue weighted by atomic mass is 16.5. The Labute approximate surface area is 99.1 Å². The molecule has 16 heavy (non-hydrogen) atoms. The molecule has 3 aliphatic rings. The lowest BCUT2D eigenvalue weighted by Crippen LogP contribution is -2.57. The van der Waals surface area contributed by atoms with Crippen molar-refractivity contribution in [1.82, 2.24) is 5.32 Å². The number of rotatable bonds is 2. The van der Waals surface area contributed by atoms with Gasteiger partial charge < -0.3 is 10.1 Å². The van der Waals surface area contributed by atoms with Gasteiger partial charge in [-0.15, -0.1) is 0 Å². The molecule has 92 valence electrons. The van der Waals surface area contributed by atoms with Gasteiger partial charge in [-0.1, -0.05) is 26.7 Å². The monoisotopic (exact) mass is 223 g/mol. The molecule has 0 aromatic carbocycles. The molecule has 2 unspecified atom stereocenters. The summed E-state index contributed by atoms with van der Waals surface area (Å²) in [5.41, 5.74) is 0.672. The van der Waals surface area contributed by atoms with Gasteiger partial charge in [0.15, 0.2) is 0 Å². The van der Waals surface area contributed by atoms with Gasteiger partial charge in [-0.05, 0) is 37.0 Å². The van der Waals surface area contributed by atoms with Crippen molar-refractivity contribution >= 4 is 0 Å². The molecular weight excluding hydrogens is 198 g/mol. The van der Waals surface area contributed by atoms with Crippen LogP contribution in [0.1, 0.15) is 52.4 Å². The highest BCUT2D eigenvalue weighted by Gasteiger charge is 2.51. The van der Waals surface area contributed by atoms with Crippen molar-refractivity contribution in [3.05, 3.63) is 0 Å². The summed E-state index contributed by atoms with van der Waals surface area (Å²) in [6.45, 7) is 6.76. The van der Waals surface area contributed by atoms with Crippen LogP contribution in [0.2, 0.25) is 0 Å². The SMILES string of the molecule is CC1(C)CCC2(C1)OCCNC2CC1CC1. The Bertz CT molecular complexity index is 272. The number of nitrogens with one attached hydrogen (secondary N) is 1. The Morgan fingerprint density at radius 1 is 1.25 bits per heavy atom. The minimum atomic E-state index is 0.185. The maximum Gasteiger partial charge on any atom is 0.0840 e. The molecule has 1 heterocycles. The first-order chi connectivity index (χ1) is 7.60. The van der Waals surface area contributed by atoms with E-state index < -0.39 is 0 Å². The molecule has 0 bridgehead atoms. The van der Waals surface area contributed by atoms with E-state index in [9.17, 15) is 0 Å². The van der Waals surface area contributed by atoms with Crippen LogP contribution in [-0.2, 0) is 4.74 Å². The van der Waals surface area contributed by atoms with Gasteiger partial charge in [0, 0.05) is 12.6 Å². The number of ether oxygens (including phenoxy) is 1. The van der Waals surface area contributed by atoms with Crippen LogP contribution in [0.15, 0.2) is 0 Å². The van der Waals surface area contributed by atoms with Gasteiger partial charge in [0.25, 0.3) is 0 Å². The molecule has 0 radical (unpaired) electrons. The Hall–Kier alpha value is -0.0800. The van der Waals surface area contributed by atoms with Crippen LogP contribution in [0.3, 0.4) is 0 Å². The fourth-order valence-electron chi connectivity index (χ4n) is 3.72. The van der Waals surface area contributed by atoms with Crippen molar-refractivity contribution in [3.8, 4) is 0 Å². The standard InChI is InChI=1S/C14H25NO/c1-13(2)5-6-14(10-13)12(9-11-3-4-11)15-7-8-16-14/h11-12,15H,3-10H2,1-2H3. The number of hydrogen-bond donors (Lipinski definition) is 1. The fraction of sp³-hybridized carbons (Fsp3) is 1.00. The highest BCUT2D eigenvalue weighted by molar-refractivity contribution is 5.05. The molecule has 1 spiro atoms. The van der Waals surface area contributed by atoms with Crippen LogP contribution in [0.25, 0.3) is 0 Å². The first-order valence-corrected chi connectivity index (χ1v) is 6.97. The maximum atomic E-state index is 6.24. The lowest BCUT2D eigenvalue weighted by molar-refractivity contribution is -0.0999. The summed E-state index contributed by atoms with van der Waals surface area (Å²) >= 11 is 0. The molecule has 0 aromatic heterocycles. The third-order valence-corrected chi connectivity index (χ3v) is 4.79. The minimum absolute atomic E-state index is 0.185. The molecule has 0 amide bonds. The van der Waals surface area contributed by atoms with E-state index in [0.29, 0.717) is 11.5 Å². The van der Waals surface area contributed by atoms with Gasteiger partial charge in [0.1, 0.15) is 0 Å². The summed E-state index contributed by atoms with van der Waals surface area (Å²) in [6, 6.07) is 0.635. The summed E-state index contributed by atoms with van der Waals surface area (Å²) < 4.78 is 6.24. The quantitative estimate of drug-likeness (QED) is 0.777. The molecule has 2 atom stereocenters. The molecule has 1 aliphatic heterocycles. The van der Waals surface area contributed by atoms with Gasteiger partial charge in [0.05, 0.1) is 12.2 Å². The van der Waals surface area contributed by atoms with Gasteiger partial charge >= 0.3 is 0 Å². The van der Waals surface area contributed by atoms with Crippen LogP contribution in [0, 0.1) is 11.3 Å². The number of hydrogen-bond acceptors (Lipinski definition) is 2. The van der Waals surface area contributed by atoms with E-state index in [2.05, 4.69) is 19.2 Å². The summed E-state index contributed by atoms with van der Waals surface area (Å²) in [4.78, 5) is 0. The average molecular weight is 223 g/mol. The van der Waals surface area contributed by atoms with Crippen LogP contribution < -0.4 is 5.32 Å². The van der Waals surface area contributed by atoms with E-state index in [1.807, 2.05) is 0 Å². The first kappa shape index (κ1) is 11.0. The van der Waals surface area contributed by atoms with Gasteiger partial charge in [-0.3, -0.25) is 0 Å². The molecule has 3 fully saturated rings. The van der Waals surface area contributed by atoms with Crippen molar-refractivity contribution in [2.75, 3.05) is 13.2 Å². The van der Waals surface area contributed by atoms with E-state index in [0.717, 1.165) is 19.1 Å². The fourth-order valence-corrected chi connectivity index (χ4v) is 3.72. The summed E-state index contributed by atoms with van der Waals surface area (Å²) in [5, 5.41) is 3.74. The first-order valence-electron chi connectivity index (χ1n) is 6.97. The Morgan fingerprint density at radius 2 is 2.06 bits per heavy atom. The third-order valence-electron chi connectivity index (χ3n) is 4.79. The van der Waals surface area contributed by atoms with Gasteiger partial charge in [-0.25, -0.2) is 0 Å². The van der Waals surface area contributed by atoms with Crippen molar-refractivity contribution in [1.29, 1.82) is 0 Å². The smallest absolute Gasteiger partial charge is 0.0840 e. The van der Waals surface area contributed by atoms with Gasteiger partial charge in [-0.2, -0.15) is 0 Å². The predicted octanol–water partition coefficient (Wildman–Crippen LogP) is 2.72.